The second-order valence-corrected chi connectivity index (χ2v) is 5.84. The van der Waals surface area contributed by atoms with Crippen LogP contribution in [0.1, 0.15) is 18.5 Å². The molecule has 1 aliphatic rings. The quantitative estimate of drug-likeness (QED) is 0.917. The summed E-state index contributed by atoms with van der Waals surface area (Å²) in [5, 5.41) is 0.652. The lowest BCUT2D eigenvalue weighted by Gasteiger charge is -2.32. The average molecular weight is 283 g/mol. The summed E-state index contributed by atoms with van der Waals surface area (Å²) in [6.07, 6.45) is 2.52. The topological polar surface area (TPSA) is 45.4 Å². The number of hydrogen-bond acceptors (Lipinski definition) is 4. The van der Waals surface area contributed by atoms with Crippen LogP contribution in [0.3, 0.4) is 0 Å². The first kappa shape index (κ1) is 14.6. The third-order valence-corrected chi connectivity index (χ3v) is 4.20. The summed E-state index contributed by atoms with van der Waals surface area (Å²) in [5.74, 6) is 1.71. The highest BCUT2D eigenvalue weighted by atomic mass is 35.5. The molecular weight excluding hydrogens is 260 g/mol. The fraction of sp³-hybridized carbons (Fsp3) is 0.643. The molecule has 2 rings (SSSR count). The predicted molar refractivity (Wildman–Crippen MR) is 80.6 cm³/mol. The Morgan fingerprint density at radius 1 is 1.42 bits per heavy atom. The van der Waals surface area contributed by atoms with Crippen molar-refractivity contribution < 1.29 is 0 Å². The Labute approximate surface area is 120 Å². The fourth-order valence-electron chi connectivity index (χ4n) is 2.55. The Hall–Kier alpha value is -0.840. The van der Waals surface area contributed by atoms with Gasteiger partial charge in [0, 0.05) is 20.1 Å². The van der Waals surface area contributed by atoms with Gasteiger partial charge in [0.25, 0.3) is 0 Å². The first-order valence-electron chi connectivity index (χ1n) is 6.85. The Kier molecular flexibility index (Phi) is 5.02. The zero-order chi connectivity index (χ0) is 13.8. The van der Waals surface area contributed by atoms with Gasteiger partial charge in [-0.1, -0.05) is 11.6 Å². The molecule has 5 heteroatoms. The normalized spacial score (nSPS) is 17.7. The first-order valence-corrected chi connectivity index (χ1v) is 7.23. The summed E-state index contributed by atoms with van der Waals surface area (Å²) in [7, 11) is 4.28. The maximum Gasteiger partial charge on any atom is 0.128 e. The van der Waals surface area contributed by atoms with Gasteiger partial charge in [0.2, 0.25) is 0 Å². The molecule has 1 fully saturated rings. The van der Waals surface area contributed by atoms with E-state index in [0.717, 1.165) is 24.0 Å². The second kappa shape index (κ2) is 6.55. The van der Waals surface area contributed by atoms with E-state index in [1.807, 2.05) is 12.1 Å². The number of likely N-dealkylation sites (tertiary alicyclic amines) is 1. The Bertz CT molecular complexity index is 416. The molecule has 0 atom stereocenters. The number of aromatic nitrogens is 1. The molecule has 1 aliphatic heterocycles. The maximum absolute atomic E-state index is 6.04. The zero-order valence-electron chi connectivity index (χ0n) is 11.8. The van der Waals surface area contributed by atoms with E-state index in [-0.39, 0.29) is 0 Å². The van der Waals surface area contributed by atoms with Crippen molar-refractivity contribution in [2.75, 3.05) is 38.6 Å². The van der Waals surface area contributed by atoms with Crippen LogP contribution in [0.5, 0.6) is 0 Å². The molecule has 0 radical (unpaired) electrons. The number of halogens is 1. The molecule has 1 aromatic rings. The third kappa shape index (κ3) is 3.81. The monoisotopic (exact) mass is 282 g/mol. The van der Waals surface area contributed by atoms with Crippen LogP contribution in [-0.4, -0.2) is 43.6 Å². The lowest BCUT2D eigenvalue weighted by molar-refractivity contribution is 0.222. The highest BCUT2D eigenvalue weighted by Gasteiger charge is 2.19. The van der Waals surface area contributed by atoms with Crippen LogP contribution in [0.25, 0.3) is 0 Å². The van der Waals surface area contributed by atoms with Crippen molar-refractivity contribution in [2.24, 2.45) is 11.7 Å². The summed E-state index contributed by atoms with van der Waals surface area (Å²) < 4.78 is 0. The zero-order valence-corrected chi connectivity index (χ0v) is 12.5. The van der Waals surface area contributed by atoms with E-state index in [1.54, 1.807) is 0 Å². The van der Waals surface area contributed by atoms with Gasteiger partial charge >= 0.3 is 0 Å². The van der Waals surface area contributed by atoms with Crippen molar-refractivity contribution in [3.8, 4) is 0 Å². The number of nitrogens with two attached hydrogens (primary N) is 1. The Morgan fingerprint density at radius 2 is 2.11 bits per heavy atom. The summed E-state index contributed by atoms with van der Waals surface area (Å²) in [5.41, 5.74) is 6.42. The van der Waals surface area contributed by atoms with Crippen molar-refractivity contribution in [3.05, 3.63) is 22.8 Å². The number of piperidine rings is 1. The van der Waals surface area contributed by atoms with Crippen LogP contribution in [0.2, 0.25) is 5.02 Å². The number of nitrogens with zero attached hydrogens (tertiary/aromatic N) is 3. The Balaban J connectivity index is 1.97. The molecule has 1 aromatic heterocycles. The van der Waals surface area contributed by atoms with Crippen molar-refractivity contribution in [3.63, 3.8) is 0 Å². The minimum atomic E-state index is 0.384. The summed E-state index contributed by atoms with van der Waals surface area (Å²) in [4.78, 5) is 9.14. The molecule has 106 valence electrons. The number of pyridine rings is 1. The largest absolute Gasteiger partial charge is 0.359 e. The van der Waals surface area contributed by atoms with Gasteiger partial charge in [-0.05, 0) is 51.0 Å². The number of hydrogen-bond donors (Lipinski definition) is 1. The fourth-order valence-corrected chi connectivity index (χ4v) is 2.74. The van der Waals surface area contributed by atoms with Gasteiger partial charge in [-0.3, -0.25) is 0 Å². The van der Waals surface area contributed by atoms with Crippen LogP contribution >= 0.6 is 11.6 Å². The molecule has 0 bridgehead atoms. The number of rotatable bonds is 4. The predicted octanol–water partition coefficient (Wildman–Crippen LogP) is 1.97. The smallest absolute Gasteiger partial charge is 0.128 e. The molecule has 19 heavy (non-hydrogen) atoms. The van der Waals surface area contributed by atoms with Crippen molar-refractivity contribution in [2.45, 2.75) is 19.4 Å². The second-order valence-electron chi connectivity index (χ2n) is 5.43. The molecule has 0 unspecified atom stereocenters. The van der Waals surface area contributed by atoms with Gasteiger partial charge in [0.15, 0.2) is 0 Å². The molecule has 0 aliphatic carbocycles. The maximum atomic E-state index is 6.04. The van der Waals surface area contributed by atoms with E-state index in [0.29, 0.717) is 11.6 Å². The molecule has 1 saturated heterocycles. The van der Waals surface area contributed by atoms with Crippen molar-refractivity contribution >= 4 is 17.4 Å². The summed E-state index contributed by atoms with van der Waals surface area (Å²) >= 11 is 6.04. The van der Waals surface area contributed by atoms with E-state index in [4.69, 9.17) is 17.3 Å². The van der Waals surface area contributed by atoms with Gasteiger partial charge in [-0.2, -0.15) is 0 Å². The van der Waals surface area contributed by atoms with Crippen molar-refractivity contribution in [1.29, 1.82) is 0 Å². The van der Waals surface area contributed by atoms with Crippen LogP contribution in [-0.2, 0) is 6.54 Å². The van der Waals surface area contributed by atoms with Gasteiger partial charge in [-0.15, -0.1) is 0 Å². The molecule has 2 N–H and O–H groups in total. The summed E-state index contributed by atoms with van der Waals surface area (Å²) in [6, 6.07) is 3.85. The van der Waals surface area contributed by atoms with E-state index in [2.05, 4.69) is 28.9 Å². The Morgan fingerprint density at radius 3 is 2.74 bits per heavy atom. The van der Waals surface area contributed by atoms with E-state index in [1.165, 1.54) is 25.9 Å². The van der Waals surface area contributed by atoms with E-state index in [9.17, 15) is 0 Å². The minimum Gasteiger partial charge on any atom is -0.359 e. The van der Waals surface area contributed by atoms with Gasteiger partial charge in [-0.25, -0.2) is 4.98 Å². The van der Waals surface area contributed by atoms with Crippen LogP contribution in [0.4, 0.5) is 5.82 Å². The highest BCUT2D eigenvalue weighted by molar-refractivity contribution is 6.31. The van der Waals surface area contributed by atoms with Gasteiger partial charge in [0.05, 0.1) is 10.7 Å². The molecule has 4 nitrogen and oxygen atoms in total. The molecular formula is C14H23ClN4. The highest BCUT2D eigenvalue weighted by Crippen LogP contribution is 2.22. The minimum absolute atomic E-state index is 0.384. The average Bonchev–Trinajstić information content (AvgIpc) is 2.42. The van der Waals surface area contributed by atoms with E-state index >= 15 is 0 Å². The van der Waals surface area contributed by atoms with Crippen molar-refractivity contribution in [1.82, 2.24) is 9.88 Å². The number of anilines is 1. The van der Waals surface area contributed by atoms with Gasteiger partial charge < -0.3 is 15.5 Å². The molecule has 0 aromatic carbocycles. The molecule has 0 amide bonds. The van der Waals surface area contributed by atoms with Gasteiger partial charge in [0.1, 0.15) is 5.82 Å². The summed E-state index contributed by atoms with van der Waals surface area (Å²) in [6.45, 7) is 3.82. The molecule has 0 spiro atoms. The van der Waals surface area contributed by atoms with Crippen LogP contribution < -0.4 is 10.6 Å². The third-order valence-electron chi connectivity index (χ3n) is 3.86. The lowest BCUT2D eigenvalue weighted by Crippen LogP contribution is -2.36. The van der Waals surface area contributed by atoms with E-state index < -0.39 is 0 Å². The molecule has 0 saturated carbocycles. The van der Waals surface area contributed by atoms with Crippen LogP contribution in [0.15, 0.2) is 12.1 Å². The molecule has 2 heterocycles. The first-order chi connectivity index (χ1) is 9.10. The SMILES string of the molecule is CN1CCC(CN(C)c2ccc(Cl)c(CN)n2)CC1. The standard InChI is InChI=1S/C14H23ClN4/c1-18-7-5-11(6-8-18)10-19(2)14-4-3-12(15)13(9-16)17-14/h3-4,11H,5-10,16H2,1-2H3. The van der Waals surface area contributed by atoms with Crippen LogP contribution in [0, 0.1) is 5.92 Å². The lowest BCUT2D eigenvalue weighted by atomic mass is 9.97.